The Labute approximate surface area is 193 Å². The average molecular weight is 472 g/mol. The normalized spacial score (nSPS) is 14.8. The first-order valence-corrected chi connectivity index (χ1v) is 12.4. The van der Waals surface area contributed by atoms with Gasteiger partial charge in [0.05, 0.1) is 12.7 Å². The van der Waals surface area contributed by atoms with Gasteiger partial charge in [-0.2, -0.15) is 9.40 Å². The van der Waals surface area contributed by atoms with Gasteiger partial charge in [0.2, 0.25) is 10.0 Å². The van der Waals surface area contributed by atoms with E-state index >= 15 is 0 Å². The molecule has 1 fully saturated rings. The van der Waals surface area contributed by atoms with Gasteiger partial charge >= 0.3 is 0 Å². The van der Waals surface area contributed by atoms with Crippen molar-refractivity contribution in [1.82, 2.24) is 24.2 Å². The monoisotopic (exact) mass is 471 g/mol. The zero-order valence-electron chi connectivity index (χ0n) is 19.5. The van der Waals surface area contributed by atoms with Crippen LogP contribution in [0.5, 0.6) is 5.75 Å². The number of nitrogens with one attached hydrogen (secondary N) is 1. The number of fused-ring (bicyclic) bond motifs is 1. The van der Waals surface area contributed by atoms with E-state index in [1.165, 1.54) is 11.4 Å². The summed E-state index contributed by atoms with van der Waals surface area (Å²) in [6.45, 7) is 8.46. The minimum atomic E-state index is -3.76. The second-order valence-electron chi connectivity index (χ2n) is 8.60. The van der Waals surface area contributed by atoms with Crippen molar-refractivity contribution in [1.29, 1.82) is 0 Å². The van der Waals surface area contributed by atoms with Gasteiger partial charge in [-0.15, -0.1) is 0 Å². The molecule has 1 aliphatic rings. The van der Waals surface area contributed by atoms with Gasteiger partial charge in [-0.25, -0.2) is 17.9 Å². The van der Waals surface area contributed by atoms with Crippen LogP contribution in [0.4, 0.5) is 0 Å². The molecule has 1 saturated heterocycles. The van der Waals surface area contributed by atoms with E-state index in [0.29, 0.717) is 29.9 Å². The molecule has 0 bridgehead atoms. The van der Waals surface area contributed by atoms with E-state index in [9.17, 15) is 13.2 Å². The van der Waals surface area contributed by atoms with Crippen LogP contribution in [0, 0.1) is 13.8 Å². The Morgan fingerprint density at radius 1 is 1.15 bits per heavy atom. The molecule has 9 nitrogen and oxygen atoms in total. The maximum atomic E-state index is 13.4. The SMILES string of the molecule is COc1ccc(-c2c(C(=O)NC(C)C)nn3c(C)cc(C)nc23)cc1S(=O)(=O)N1CCCC1. The fourth-order valence-corrected chi connectivity index (χ4v) is 5.88. The Hall–Kier alpha value is -2.98. The molecular formula is C23H29N5O4S. The molecule has 1 aliphatic heterocycles. The summed E-state index contributed by atoms with van der Waals surface area (Å²) in [7, 11) is -2.31. The molecule has 176 valence electrons. The summed E-state index contributed by atoms with van der Waals surface area (Å²) in [5.74, 6) is -0.0852. The number of carbonyl (C=O) groups is 1. The number of nitrogens with zero attached hydrogens (tertiary/aromatic N) is 4. The smallest absolute Gasteiger partial charge is 0.272 e. The van der Waals surface area contributed by atoms with Gasteiger partial charge in [0.15, 0.2) is 11.3 Å². The van der Waals surface area contributed by atoms with E-state index in [2.05, 4.69) is 15.4 Å². The number of benzene rings is 1. The highest BCUT2D eigenvalue weighted by Crippen LogP contribution is 2.36. The van der Waals surface area contributed by atoms with Crippen LogP contribution in [-0.4, -0.2) is 59.5 Å². The Kier molecular flexibility index (Phi) is 6.15. The second kappa shape index (κ2) is 8.75. The van der Waals surface area contributed by atoms with E-state index in [1.54, 1.807) is 22.7 Å². The lowest BCUT2D eigenvalue weighted by atomic mass is 10.0. The summed E-state index contributed by atoms with van der Waals surface area (Å²) in [6, 6.07) is 6.71. The number of aromatic nitrogens is 3. The summed E-state index contributed by atoms with van der Waals surface area (Å²) >= 11 is 0. The third-order valence-corrected chi connectivity index (χ3v) is 7.58. The molecular weight excluding hydrogens is 442 g/mol. The molecule has 0 saturated carbocycles. The Balaban J connectivity index is 1.97. The third-order valence-electron chi connectivity index (χ3n) is 5.67. The maximum Gasteiger partial charge on any atom is 0.272 e. The molecule has 1 amide bonds. The van der Waals surface area contributed by atoms with Crippen LogP contribution in [0.3, 0.4) is 0 Å². The largest absolute Gasteiger partial charge is 0.495 e. The fraction of sp³-hybridized carbons (Fsp3) is 0.435. The summed E-state index contributed by atoms with van der Waals surface area (Å²) in [5.41, 5.74) is 3.31. The van der Waals surface area contributed by atoms with Crippen LogP contribution in [-0.2, 0) is 10.0 Å². The Morgan fingerprint density at radius 2 is 1.85 bits per heavy atom. The zero-order valence-corrected chi connectivity index (χ0v) is 20.4. The number of ether oxygens (including phenoxy) is 1. The van der Waals surface area contributed by atoms with E-state index in [4.69, 9.17) is 4.74 Å². The van der Waals surface area contributed by atoms with Crippen molar-refractivity contribution >= 4 is 21.6 Å². The number of hydrogen-bond acceptors (Lipinski definition) is 6. The average Bonchev–Trinajstić information content (AvgIpc) is 3.41. The molecule has 1 N–H and O–H groups in total. The lowest BCUT2D eigenvalue weighted by molar-refractivity contribution is 0.0938. The van der Waals surface area contributed by atoms with Crippen molar-refractivity contribution in [3.8, 4) is 16.9 Å². The number of sulfonamides is 1. The van der Waals surface area contributed by atoms with Crippen molar-refractivity contribution in [2.24, 2.45) is 0 Å². The minimum Gasteiger partial charge on any atom is -0.495 e. The topological polar surface area (TPSA) is 106 Å². The summed E-state index contributed by atoms with van der Waals surface area (Å²) in [6.07, 6.45) is 1.66. The first-order chi connectivity index (χ1) is 15.6. The second-order valence-corrected chi connectivity index (χ2v) is 10.5. The van der Waals surface area contributed by atoms with Crippen molar-refractivity contribution in [3.63, 3.8) is 0 Å². The number of aryl methyl sites for hydroxylation is 2. The van der Waals surface area contributed by atoms with Crippen LogP contribution in [0.15, 0.2) is 29.2 Å². The molecule has 2 aromatic heterocycles. The third kappa shape index (κ3) is 4.20. The Morgan fingerprint density at radius 3 is 2.48 bits per heavy atom. The first kappa shape index (κ1) is 23.2. The molecule has 3 heterocycles. The predicted molar refractivity (Wildman–Crippen MR) is 125 cm³/mol. The van der Waals surface area contributed by atoms with E-state index in [0.717, 1.165) is 24.2 Å². The van der Waals surface area contributed by atoms with Crippen LogP contribution >= 0.6 is 0 Å². The molecule has 1 aromatic carbocycles. The highest BCUT2D eigenvalue weighted by molar-refractivity contribution is 7.89. The highest BCUT2D eigenvalue weighted by atomic mass is 32.2. The van der Waals surface area contributed by atoms with Gasteiger partial charge in [0.1, 0.15) is 10.6 Å². The summed E-state index contributed by atoms with van der Waals surface area (Å²) in [4.78, 5) is 17.8. The number of methoxy groups -OCH3 is 1. The molecule has 3 aromatic rings. The van der Waals surface area contributed by atoms with Crippen LogP contribution in [0.25, 0.3) is 16.8 Å². The lowest BCUT2D eigenvalue weighted by Crippen LogP contribution is -2.30. The van der Waals surface area contributed by atoms with Gasteiger partial charge in [-0.3, -0.25) is 4.79 Å². The van der Waals surface area contributed by atoms with Crippen molar-refractivity contribution in [2.75, 3.05) is 20.2 Å². The Bertz CT molecular complexity index is 1320. The van der Waals surface area contributed by atoms with Gasteiger partial charge in [0, 0.05) is 30.5 Å². The zero-order chi connectivity index (χ0) is 23.9. The van der Waals surface area contributed by atoms with Crippen LogP contribution < -0.4 is 10.1 Å². The van der Waals surface area contributed by atoms with E-state index in [-0.39, 0.29) is 28.3 Å². The van der Waals surface area contributed by atoms with Gasteiger partial charge in [-0.1, -0.05) is 6.07 Å². The van der Waals surface area contributed by atoms with Gasteiger partial charge in [-0.05, 0) is 64.3 Å². The van der Waals surface area contributed by atoms with Crippen molar-refractivity contribution in [2.45, 2.75) is 51.5 Å². The summed E-state index contributed by atoms with van der Waals surface area (Å²) < 4.78 is 35.3. The van der Waals surface area contributed by atoms with Gasteiger partial charge in [0.25, 0.3) is 5.91 Å². The van der Waals surface area contributed by atoms with Crippen LogP contribution in [0.2, 0.25) is 0 Å². The standard InChI is InChI=1S/C23H29N5O4S/c1-14(2)24-23(29)21-20(22-25-15(3)12-16(4)28(22)26-21)17-8-9-18(32-5)19(13-17)33(30,31)27-10-6-7-11-27/h8-9,12-14H,6-7,10-11H2,1-5H3,(H,24,29). The lowest BCUT2D eigenvalue weighted by Gasteiger charge is -2.18. The molecule has 10 heteroatoms. The minimum absolute atomic E-state index is 0.0725. The van der Waals surface area contributed by atoms with Gasteiger partial charge < -0.3 is 10.1 Å². The predicted octanol–water partition coefficient (Wildman–Crippen LogP) is 2.94. The number of rotatable bonds is 6. The molecule has 0 unspecified atom stereocenters. The van der Waals surface area contributed by atoms with Crippen LogP contribution in [0.1, 0.15) is 48.6 Å². The molecule has 4 rings (SSSR count). The summed E-state index contributed by atoms with van der Waals surface area (Å²) in [5, 5.41) is 7.43. The first-order valence-electron chi connectivity index (χ1n) is 11.0. The molecule has 0 radical (unpaired) electrons. The highest BCUT2D eigenvalue weighted by Gasteiger charge is 2.31. The molecule has 0 aliphatic carbocycles. The molecule has 0 spiro atoms. The van der Waals surface area contributed by atoms with E-state index < -0.39 is 10.0 Å². The number of carbonyl (C=O) groups excluding carboxylic acids is 1. The van der Waals surface area contributed by atoms with Crippen molar-refractivity contribution < 1.29 is 17.9 Å². The van der Waals surface area contributed by atoms with E-state index in [1.807, 2.05) is 33.8 Å². The molecule has 0 atom stereocenters. The fourth-order valence-electron chi connectivity index (χ4n) is 4.18. The number of amides is 1. The maximum absolute atomic E-state index is 13.4. The molecule has 33 heavy (non-hydrogen) atoms. The number of hydrogen-bond donors (Lipinski definition) is 1. The quantitative estimate of drug-likeness (QED) is 0.593. The van der Waals surface area contributed by atoms with Crippen molar-refractivity contribution in [3.05, 3.63) is 41.3 Å².